The van der Waals surface area contributed by atoms with Crippen LogP contribution in [0.15, 0.2) is 28.7 Å². The molecule has 2 nitrogen and oxygen atoms in total. The lowest BCUT2D eigenvalue weighted by molar-refractivity contribution is 0.178. The minimum Gasteiger partial charge on any atom is -0.324 e. The van der Waals surface area contributed by atoms with Gasteiger partial charge in [0.05, 0.1) is 0 Å². The Labute approximate surface area is 119 Å². The van der Waals surface area contributed by atoms with Crippen LogP contribution in [-0.4, -0.2) is 24.5 Å². The molecular weight excluding hydrogens is 288 g/mol. The smallest absolute Gasteiger partial charge is 0.0307 e. The van der Waals surface area contributed by atoms with Crippen LogP contribution in [-0.2, 0) is 0 Å². The van der Waals surface area contributed by atoms with Gasteiger partial charge in [0.15, 0.2) is 0 Å². The highest BCUT2D eigenvalue weighted by Crippen LogP contribution is 2.20. The Bertz CT molecular complexity index is 363. The fourth-order valence-corrected chi connectivity index (χ4v) is 2.95. The highest BCUT2D eigenvalue weighted by atomic mass is 79.9. The molecule has 0 saturated carbocycles. The van der Waals surface area contributed by atoms with Crippen LogP contribution in [0.3, 0.4) is 0 Å². The molecule has 0 radical (unpaired) electrons. The van der Waals surface area contributed by atoms with Gasteiger partial charge >= 0.3 is 0 Å². The van der Waals surface area contributed by atoms with Crippen molar-refractivity contribution in [2.75, 3.05) is 19.6 Å². The summed E-state index contributed by atoms with van der Waals surface area (Å²) in [6, 6.07) is 8.53. The molecule has 2 atom stereocenters. The highest BCUT2D eigenvalue weighted by molar-refractivity contribution is 9.10. The van der Waals surface area contributed by atoms with E-state index < -0.39 is 0 Å². The fourth-order valence-electron chi connectivity index (χ4n) is 2.69. The van der Waals surface area contributed by atoms with Gasteiger partial charge in [0.2, 0.25) is 0 Å². The molecule has 0 bridgehead atoms. The molecule has 1 fully saturated rings. The molecule has 2 rings (SSSR count). The van der Waals surface area contributed by atoms with Crippen LogP contribution < -0.4 is 5.73 Å². The van der Waals surface area contributed by atoms with Crippen molar-refractivity contribution in [2.24, 2.45) is 11.7 Å². The molecule has 18 heavy (non-hydrogen) atoms. The Morgan fingerprint density at radius 2 is 2.11 bits per heavy atom. The molecule has 2 unspecified atom stereocenters. The van der Waals surface area contributed by atoms with Crippen LogP contribution in [0, 0.1) is 5.92 Å². The summed E-state index contributed by atoms with van der Waals surface area (Å²) >= 11 is 3.45. The lowest BCUT2D eigenvalue weighted by Gasteiger charge is -2.31. The first-order valence-electron chi connectivity index (χ1n) is 6.88. The Morgan fingerprint density at radius 3 is 2.78 bits per heavy atom. The van der Waals surface area contributed by atoms with Gasteiger partial charge in [0.1, 0.15) is 0 Å². The standard InChI is InChI=1S/C15H23BrN2/c1-12-3-2-9-18(11-12)10-8-15(17)13-4-6-14(16)7-5-13/h4-7,12,15H,2-3,8-11,17H2,1H3. The van der Waals surface area contributed by atoms with Crippen LogP contribution >= 0.6 is 15.9 Å². The molecule has 0 aliphatic carbocycles. The van der Waals surface area contributed by atoms with Crippen molar-refractivity contribution >= 4 is 15.9 Å². The molecule has 3 heteroatoms. The molecule has 0 aromatic heterocycles. The van der Waals surface area contributed by atoms with Crippen LogP contribution in [0.2, 0.25) is 0 Å². The predicted molar refractivity (Wildman–Crippen MR) is 80.5 cm³/mol. The van der Waals surface area contributed by atoms with E-state index in [0.717, 1.165) is 23.4 Å². The first-order chi connectivity index (χ1) is 8.65. The number of nitrogens with two attached hydrogens (primary N) is 1. The van der Waals surface area contributed by atoms with Crippen molar-refractivity contribution in [1.29, 1.82) is 0 Å². The van der Waals surface area contributed by atoms with Crippen molar-refractivity contribution in [3.63, 3.8) is 0 Å². The number of likely N-dealkylation sites (tertiary alicyclic amines) is 1. The maximum atomic E-state index is 6.25. The summed E-state index contributed by atoms with van der Waals surface area (Å²) in [5.74, 6) is 0.850. The molecule has 1 aliphatic heterocycles. The summed E-state index contributed by atoms with van der Waals surface area (Å²) in [5, 5.41) is 0. The molecule has 1 aromatic rings. The zero-order valence-corrected chi connectivity index (χ0v) is 12.7. The summed E-state index contributed by atoms with van der Waals surface area (Å²) in [5.41, 5.74) is 7.49. The average Bonchev–Trinajstić information content (AvgIpc) is 2.37. The number of halogens is 1. The van der Waals surface area contributed by atoms with E-state index in [0.29, 0.717) is 0 Å². The predicted octanol–water partition coefficient (Wildman–Crippen LogP) is 3.57. The summed E-state index contributed by atoms with van der Waals surface area (Å²) in [4.78, 5) is 2.56. The minimum atomic E-state index is 0.162. The topological polar surface area (TPSA) is 29.3 Å². The largest absolute Gasteiger partial charge is 0.324 e. The van der Waals surface area contributed by atoms with Crippen molar-refractivity contribution in [2.45, 2.75) is 32.2 Å². The van der Waals surface area contributed by atoms with Gasteiger partial charge in [-0.05, 0) is 56.0 Å². The van der Waals surface area contributed by atoms with E-state index in [1.807, 2.05) is 0 Å². The molecule has 1 aromatic carbocycles. The second kappa shape index (κ2) is 6.69. The van der Waals surface area contributed by atoms with Gasteiger partial charge < -0.3 is 10.6 Å². The van der Waals surface area contributed by atoms with Gasteiger partial charge in [-0.25, -0.2) is 0 Å². The van der Waals surface area contributed by atoms with E-state index in [4.69, 9.17) is 5.73 Å². The number of nitrogens with zero attached hydrogens (tertiary/aromatic N) is 1. The third-order valence-corrected chi connectivity index (χ3v) is 4.32. The van der Waals surface area contributed by atoms with Crippen LogP contribution in [0.1, 0.15) is 37.8 Å². The fraction of sp³-hybridized carbons (Fsp3) is 0.600. The number of hydrogen-bond acceptors (Lipinski definition) is 2. The molecule has 0 amide bonds. The lowest BCUT2D eigenvalue weighted by Crippen LogP contribution is -2.36. The van der Waals surface area contributed by atoms with Crippen LogP contribution in [0.5, 0.6) is 0 Å². The summed E-state index contributed by atoms with van der Waals surface area (Å²) < 4.78 is 1.11. The maximum absolute atomic E-state index is 6.25. The third kappa shape index (κ3) is 4.08. The zero-order valence-electron chi connectivity index (χ0n) is 11.1. The summed E-state index contributed by atoms with van der Waals surface area (Å²) in [6.07, 6.45) is 3.78. The Morgan fingerprint density at radius 1 is 1.39 bits per heavy atom. The van der Waals surface area contributed by atoms with Gasteiger partial charge in [-0.1, -0.05) is 35.0 Å². The first kappa shape index (κ1) is 14.0. The number of hydrogen-bond donors (Lipinski definition) is 1. The number of rotatable bonds is 4. The van der Waals surface area contributed by atoms with Crippen molar-refractivity contribution < 1.29 is 0 Å². The van der Waals surface area contributed by atoms with E-state index in [9.17, 15) is 0 Å². The lowest BCUT2D eigenvalue weighted by atomic mass is 9.99. The Balaban J connectivity index is 1.80. The van der Waals surface area contributed by atoms with Gasteiger partial charge in [-0.2, -0.15) is 0 Å². The van der Waals surface area contributed by atoms with E-state index in [1.165, 1.54) is 31.5 Å². The SMILES string of the molecule is CC1CCCN(CCC(N)c2ccc(Br)cc2)C1. The molecule has 100 valence electrons. The summed E-state index contributed by atoms with van der Waals surface area (Å²) in [7, 11) is 0. The van der Waals surface area contributed by atoms with E-state index in [-0.39, 0.29) is 6.04 Å². The Hall–Kier alpha value is -0.380. The second-order valence-electron chi connectivity index (χ2n) is 5.49. The van der Waals surface area contributed by atoms with Gasteiger partial charge in [-0.15, -0.1) is 0 Å². The highest BCUT2D eigenvalue weighted by Gasteiger charge is 2.17. The molecule has 1 saturated heterocycles. The van der Waals surface area contributed by atoms with Gasteiger partial charge in [0.25, 0.3) is 0 Å². The number of benzene rings is 1. The minimum absolute atomic E-state index is 0.162. The third-order valence-electron chi connectivity index (χ3n) is 3.80. The second-order valence-corrected chi connectivity index (χ2v) is 6.41. The Kier molecular flexibility index (Phi) is 5.22. The number of piperidine rings is 1. The molecule has 2 N–H and O–H groups in total. The maximum Gasteiger partial charge on any atom is 0.0307 e. The molecule has 0 spiro atoms. The molecule has 1 heterocycles. The quantitative estimate of drug-likeness (QED) is 0.921. The van der Waals surface area contributed by atoms with E-state index in [2.05, 4.69) is 52.0 Å². The monoisotopic (exact) mass is 310 g/mol. The van der Waals surface area contributed by atoms with Crippen molar-refractivity contribution in [1.82, 2.24) is 4.90 Å². The van der Waals surface area contributed by atoms with Crippen molar-refractivity contribution in [3.05, 3.63) is 34.3 Å². The average molecular weight is 311 g/mol. The zero-order chi connectivity index (χ0) is 13.0. The van der Waals surface area contributed by atoms with Crippen molar-refractivity contribution in [3.8, 4) is 0 Å². The van der Waals surface area contributed by atoms with E-state index in [1.54, 1.807) is 0 Å². The van der Waals surface area contributed by atoms with E-state index >= 15 is 0 Å². The van der Waals surface area contributed by atoms with Gasteiger partial charge in [0, 0.05) is 17.1 Å². The van der Waals surface area contributed by atoms with Crippen LogP contribution in [0.25, 0.3) is 0 Å². The first-order valence-corrected chi connectivity index (χ1v) is 7.68. The van der Waals surface area contributed by atoms with Gasteiger partial charge in [-0.3, -0.25) is 0 Å². The van der Waals surface area contributed by atoms with Crippen LogP contribution in [0.4, 0.5) is 0 Å². The molecule has 1 aliphatic rings. The summed E-state index contributed by atoms with van der Waals surface area (Å²) in [6.45, 7) is 5.97. The normalized spacial score (nSPS) is 22.9. The molecular formula is C15H23BrN2.